The van der Waals surface area contributed by atoms with Gasteiger partial charge in [0.2, 0.25) is 0 Å². The molecule has 2 unspecified atom stereocenters. The molecule has 3 N–H and O–H groups in total. The van der Waals surface area contributed by atoms with Gasteiger partial charge < -0.3 is 10.8 Å². The van der Waals surface area contributed by atoms with Gasteiger partial charge >= 0.3 is 0 Å². The van der Waals surface area contributed by atoms with Crippen molar-refractivity contribution in [3.05, 3.63) is 0 Å². The van der Waals surface area contributed by atoms with Gasteiger partial charge in [-0.15, -0.1) is 0 Å². The lowest BCUT2D eigenvalue weighted by Gasteiger charge is -2.17. The van der Waals surface area contributed by atoms with Gasteiger partial charge in [-0.1, -0.05) is 6.92 Å². The van der Waals surface area contributed by atoms with Crippen LogP contribution in [0.15, 0.2) is 0 Å². The topological polar surface area (TPSA) is 80.4 Å². The van der Waals surface area contributed by atoms with E-state index in [1.807, 2.05) is 0 Å². The zero-order valence-corrected chi connectivity index (χ0v) is 7.63. The predicted octanol–water partition coefficient (Wildman–Crippen LogP) is -0.871. The van der Waals surface area contributed by atoms with Crippen molar-refractivity contribution in [1.29, 1.82) is 0 Å². The predicted molar refractivity (Wildman–Crippen MR) is 44.0 cm³/mol. The van der Waals surface area contributed by atoms with E-state index < -0.39 is 27.7 Å². The van der Waals surface area contributed by atoms with Crippen LogP contribution in [0.2, 0.25) is 0 Å². The number of aliphatic hydroxyl groups excluding tert-OH is 1. The van der Waals surface area contributed by atoms with Gasteiger partial charge in [0.15, 0.2) is 9.84 Å². The first-order valence-corrected chi connectivity index (χ1v) is 5.25. The molecule has 0 aliphatic rings. The van der Waals surface area contributed by atoms with Crippen molar-refractivity contribution >= 4 is 9.84 Å². The average molecular weight is 181 g/mol. The van der Waals surface area contributed by atoms with Crippen molar-refractivity contribution in [2.45, 2.75) is 25.1 Å². The molecule has 0 aliphatic heterocycles. The monoisotopic (exact) mass is 181 g/mol. The maximum Gasteiger partial charge on any atom is 0.156 e. The zero-order chi connectivity index (χ0) is 9.07. The Morgan fingerprint density at radius 3 is 2.09 bits per heavy atom. The molecule has 0 aromatic heterocycles. The number of nitrogens with two attached hydrogens (primary N) is 1. The van der Waals surface area contributed by atoms with Crippen LogP contribution in [0.5, 0.6) is 0 Å². The van der Waals surface area contributed by atoms with E-state index in [0.29, 0.717) is 0 Å². The summed E-state index contributed by atoms with van der Waals surface area (Å²) in [6.07, 6.45) is 0. The summed E-state index contributed by atoms with van der Waals surface area (Å²) < 4.78 is 22.3. The van der Waals surface area contributed by atoms with Crippen LogP contribution in [0.25, 0.3) is 0 Å². The third kappa shape index (κ3) is 2.76. The minimum absolute atomic E-state index is 0.0275. The Labute approximate surface area is 67.3 Å². The lowest BCUT2D eigenvalue weighted by Crippen LogP contribution is -2.41. The summed E-state index contributed by atoms with van der Waals surface area (Å²) in [4.78, 5) is 0. The molecule has 5 heteroatoms. The van der Waals surface area contributed by atoms with Gasteiger partial charge in [0.1, 0.15) is 0 Å². The second kappa shape index (κ2) is 4.04. The Morgan fingerprint density at radius 1 is 1.55 bits per heavy atom. The molecule has 68 valence electrons. The Balaban J connectivity index is 4.51. The second-order valence-corrected chi connectivity index (χ2v) is 5.04. The summed E-state index contributed by atoms with van der Waals surface area (Å²) in [6.45, 7) is 2.72. The first-order chi connectivity index (χ1) is 4.95. The lowest BCUT2D eigenvalue weighted by molar-refractivity contribution is 0.280. The summed E-state index contributed by atoms with van der Waals surface area (Å²) in [5.41, 5.74) is 5.37. The molecule has 2 atom stereocenters. The van der Waals surface area contributed by atoms with E-state index in [2.05, 4.69) is 0 Å². The fourth-order valence-electron chi connectivity index (χ4n) is 0.821. The first kappa shape index (κ1) is 10.9. The van der Waals surface area contributed by atoms with Gasteiger partial charge in [-0.05, 0) is 6.92 Å². The van der Waals surface area contributed by atoms with Crippen molar-refractivity contribution < 1.29 is 13.5 Å². The molecule has 0 amide bonds. The highest BCUT2D eigenvalue weighted by Crippen LogP contribution is 2.04. The van der Waals surface area contributed by atoms with E-state index in [9.17, 15) is 8.42 Å². The molecule has 0 bridgehead atoms. The van der Waals surface area contributed by atoms with E-state index in [1.54, 1.807) is 13.8 Å². The molecular weight excluding hydrogens is 166 g/mol. The molecule has 0 spiro atoms. The maximum absolute atomic E-state index is 11.1. The van der Waals surface area contributed by atoms with E-state index in [-0.39, 0.29) is 5.75 Å². The van der Waals surface area contributed by atoms with Crippen LogP contribution >= 0.6 is 0 Å². The normalized spacial score (nSPS) is 17.8. The lowest BCUT2D eigenvalue weighted by atomic mass is 10.3. The molecule has 0 aromatic rings. The SMILES string of the molecule is CCS(=O)(=O)C(CO)C(C)N. The summed E-state index contributed by atoms with van der Waals surface area (Å²) in [6, 6.07) is -0.509. The quantitative estimate of drug-likeness (QED) is 0.590. The standard InChI is InChI=1S/C6H15NO3S/c1-3-11(9,10)6(4-8)5(2)7/h5-6,8H,3-4,7H2,1-2H3. The van der Waals surface area contributed by atoms with Gasteiger partial charge in [0.25, 0.3) is 0 Å². The molecule has 0 fully saturated rings. The Bertz CT molecular complexity index is 198. The number of aliphatic hydroxyl groups is 1. The summed E-state index contributed by atoms with van der Waals surface area (Å²) in [5, 5.41) is 7.89. The molecule has 11 heavy (non-hydrogen) atoms. The molecule has 0 saturated heterocycles. The molecule has 0 heterocycles. The largest absolute Gasteiger partial charge is 0.395 e. The van der Waals surface area contributed by atoms with Crippen LogP contribution in [0.1, 0.15) is 13.8 Å². The summed E-state index contributed by atoms with van der Waals surface area (Å²) in [7, 11) is -3.18. The molecule has 0 saturated carbocycles. The number of sulfone groups is 1. The van der Waals surface area contributed by atoms with E-state index in [0.717, 1.165) is 0 Å². The molecule has 0 radical (unpaired) electrons. The number of hydrogen-bond donors (Lipinski definition) is 2. The van der Waals surface area contributed by atoms with Crippen LogP contribution in [-0.2, 0) is 9.84 Å². The van der Waals surface area contributed by atoms with Crippen LogP contribution < -0.4 is 5.73 Å². The molecule has 0 aliphatic carbocycles. The minimum Gasteiger partial charge on any atom is -0.395 e. The highest BCUT2D eigenvalue weighted by molar-refractivity contribution is 7.92. The highest BCUT2D eigenvalue weighted by Gasteiger charge is 2.26. The first-order valence-electron chi connectivity index (χ1n) is 3.53. The average Bonchev–Trinajstić information content (AvgIpc) is 1.88. The Morgan fingerprint density at radius 2 is 2.00 bits per heavy atom. The minimum atomic E-state index is -3.18. The van der Waals surface area contributed by atoms with Crippen LogP contribution in [0.4, 0.5) is 0 Å². The van der Waals surface area contributed by atoms with Crippen molar-refractivity contribution in [3.63, 3.8) is 0 Å². The fourth-order valence-corrected chi connectivity index (χ4v) is 2.13. The third-order valence-electron chi connectivity index (χ3n) is 1.63. The Kier molecular flexibility index (Phi) is 3.99. The van der Waals surface area contributed by atoms with Gasteiger partial charge in [0.05, 0.1) is 11.9 Å². The van der Waals surface area contributed by atoms with Crippen molar-refractivity contribution in [2.24, 2.45) is 5.73 Å². The maximum atomic E-state index is 11.1. The van der Waals surface area contributed by atoms with Gasteiger partial charge in [-0.3, -0.25) is 0 Å². The smallest absolute Gasteiger partial charge is 0.156 e. The van der Waals surface area contributed by atoms with E-state index in [4.69, 9.17) is 10.8 Å². The van der Waals surface area contributed by atoms with Crippen molar-refractivity contribution in [3.8, 4) is 0 Å². The summed E-state index contributed by atoms with van der Waals surface area (Å²) in [5.74, 6) is 0.0275. The van der Waals surface area contributed by atoms with Gasteiger partial charge in [0, 0.05) is 11.8 Å². The van der Waals surface area contributed by atoms with Crippen LogP contribution in [-0.4, -0.2) is 37.2 Å². The molecule has 4 nitrogen and oxygen atoms in total. The number of hydrogen-bond acceptors (Lipinski definition) is 4. The highest BCUT2D eigenvalue weighted by atomic mass is 32.2. The summed E-state index contributed by atoms with van der Waals surface area (Å²) >= 11 is 0. The Hall–Kier alpha value is -0.130. The molecule has 0 rings (SSSR count). The van der Waals surface area contributed by atoms with E-state index in [1.165, 1.54) is 0 Å². The molecule has 0 aromatic carbocycles. The molecular formula is C6H15NO3S. The zero-order valence-electron chi connectivity index (χ0n) is 6.82. The number of rotatable bonds is 4. The van der Waals surface area contributed by atoms with Gasteiger partial charge in [-0.25, -0.2) is 8.42 Å². The second-order valence-electron chi connectivity index (χ2n) is 2.53. The van der Waals surface area contributed by atoms with Crippen molar-refractivity contribution in [2.75, 3.05) is 12.4 Å². The fraction of sp³-hybridized carbons (Fsp3) is 1.00. The van der Waals surface area contributed by atoms with E-state index >= 15 is 0 Å². The van der Waals surface area contributed by atoms with Crippen LogP contribution in [0.3, 0.4) is 0 Å². The van der Waals surface area contributed by atoms with Gasteiger partial charge in [-0.2, -0.15) is 0 Å². The van der Waals surface area contributed by atoms with Crippen LogP contribution in [0, 0.1) is 0 Å². The van der Waals surface area contributed by atoms with Crippen molar-refractivity contribution in [1.82, 2.24) is 0 Å². The third-order valence-corrected chi connectivity index (χ3v) is 3.94.